The summed E-state index contributed by atoms with van der Waals surface area (Å²) in [7, 11) is 0. The zero-order valence-electron chi connectivity index (χ0n) is 12.5. The van der Waals surface area contributed by atoms with E-state index in [0.717, 1.165) is 42.9 Å². The van der Waals surface area contributed by atoms with Crippen LogP contribution in [0.1, 0.15) is 38.2 Å². The lowest BCUT2D eigenvalue weighted by atomic mass is 9.77. The van der Waals surface area contributed by atoms with Gasteiger partial charge in [-0.15, -0.1) is 0 Å². The van der Waals surface area contributed by atoms with E-state index in [1.54, 1.807) is 0 Å². The Morgan fingerprint density at radius 3 is 2.86 bits per heavy atom. The van der Waals surface area contributed by atoms with Gasteiger partial charge >= 0.3 is 0 Å². The molecule has 1 heterocycles. The summed E-state index contributed by atoms with van der Waals surface area (Å²) in [6, 6.07) is 10.1. The fourth-order valence-electron chi connectivity index (χ4n) is 3.24. The van der Waals surface area contributed by atoms with Crippen molar-refractivity contribution in [3.63, 3.8) is 0 Å². The minimum atomic E-state index is 0.192. The molecule has 110 valence electrons. The second kappa shape index (κ2) is 6.25. The van der Waals surface area contributed by atoms with Gasteiger partial charge in [-0.2, -0.15) is 5.10 Å². The monoisotopic (exact) mass is 282 g/mol. The molecule has 2 unspecified atom stereocenters. The minimum Gasteiger partial charge on any atom is -0.299 e. The molecule has 1 aromatic heterocycles. The fourth-order valence-corrected chi connectivity index (χ4v) is 3.24. The van der Waals surface area contributed by atoms with E-state index >= 15 is 0 Å². The van der Waals surface area contributed by atoms with Crippen molar-refractivity contribution in [3.05, 3.63) is 48.3 Å². The molecule has 0 radical (unpaired) electrons. The number of carbonyl (C=O) groups is 1. The maximum atomic E-state index is 12.1. The Morgan fingerprint density at radius 1 is 1.29 bits per heavy atom. The molecule has 3 rings (SSSR count). The molecular formula is C18H22N2O. The molecule has 1 aromatic carbocycles. The largest absolute Gasteiger partial charge is 0.299 e. The van der Waals surface area contributed by atoms with Gasteiger partial charge in [0.25, 0.3) is 0 Å². The van der Waals surface area contributed by atoms with Crippen molar-refractivity contribution in [1.82, 2.24) is 9.78 Å². The Balaban J connectivity index is 1.71. The first-order valence-corrected chi connectivity index (χ1v) is 7.88. The highest BCUT2D eigenvalue weighted by molar-refractivity contribution is 5.82. The molecule has 1 saturated carbocycles. The molecule has 0 aliphatic heterocycles. The van der Waals surface area contributed by atoms with E-state index in [4.69, 9.17) is 0 Å². The summed E-state index contributed by atoms with van der Waals surface area (Å²) in [6.07, 6.45) is 8.86. The lowest BCUT2D eigenvalue weighted by Gasteiger charge is -2.26. The molecule has 3 heteroatoms. The van der Waals surface area contributed by atoms with Crippen molar-refractivity contribution >= 4 is 5.78 Å². The van der Waals surface area contributed by atoms with Gasteiger partial charge < -0.3 is 0 Å². The van der Waals surface area contributed by atoms with Crippen LogP contribution in [0, 0.1) is 11.8 Å². The van der Waals surface area contributed by atoms with E-state index in [-0.39, 0.29) is 5.92 Å². The van der Waals surface area contributed by atoms with Gasteiger partial charge in [0.2, 0.25) is 0 Å². The Hall–Kier alpha value is -1.90. The van der Waals surface area contributed by atoms with Crippen LogP contribution in [0.5, 0.6) is 0 Å². The number of hydrogen-bond acceptors (Lipinski definition) is 2. The van der Waals surface area contributed by atoms with Crippen LogP contribution in [0.4, 0.5) is 0 Å². The van der Waals surface area contributed by atoms with Crippen LogP contribution < -0.4 is 0 Å². The third kappa shape index (κ3) is 3.23. The summed E-state index contributed by atoms with van der Waals surface area (Å²) in [5.41, 5.74) is 2.22. The highest BCUT2D eigenvalue weighted by Crippen LogP contribution is 2.30. The first-order chi connectivity index (χ1) is 10.3. The summed E-state index contributed by atoms with van der Waals surface area (Å²) < 4.78 is 1.89. The fraction of sp³-hybridized carbons (Fsp3) is 0.444. The third-order valence-electron chi connectivity index (χ3n) is 4.59. The zero-order valence-corrected chi connectivity index (χ0v) is 12.5. The van der Waals surface area contributed by atoms with Crippen LogP contribution in [0.2, 0.25) is 0 Å². The van der Waals surface area contributed by atoms with Crippen molar-refractivity contribution in [2.75, 3.05) is 0 Å². The highest BCUT2D eigenvalue weighted by atomic mass is 16.1. The molecule has 21 heavy (non-hydrogen) atoms. The molecule has 0 amide bonds. The van der Waals surface area contributed by atoms with Crippen LogP contribution in [0.15, 0.2) is 42.7 Å². The molecule has 0 spiro atoms. The number of nitrogens with zero attached hydrogens (tertiary/aromatic N) is 2. The van der Waals surface area contributed by atoms with Crippen molar-refractivity contribution in [1.29, 1.82) is 0 Å². The van der Waals surface area contributed by atoms with Gasteiger partial charge in [-0.3, -0.25) is 4.79 Å². The average molecular weight is 282 g/mol. The van der Waals surface area contributed by atoms with Crippen LogP contribution in [0.25, 0.3) is 5.69 Å². The molecule has 2 atom stereocenters. The summed E-state index contributed by atoms with van der Waals surface area (Å²) in [5.74, 6) is 1.35. The quantitative estimate of drug-likeness (QED) is 0.854. The maximum absolute atomic E-state index is 12.1. The number of ketones is 1. The Labute approximate surface area is 126 Å². The minimum absolute atomic E-state index is 0.192. The van der Waals surface area contributed by atoms with E-state index < -0.39 is 0 Å². The molecule has 3 nitrogen and oxygen atoms in total. The molecule has 0 saturated heterocycles. The van der Waals surface area contributed by atoms with Crippen LogP contribution in [-0.2, 0) is 11.2 Å². The number of rotatable bonds is 4. The van der Waals surface area contributed by atoms with Crippen molar-refractivity contribution in [3.8, 4) is 5.69 Å². The average Bonchev–Trinajstić information content (AvgIpc) is 2.99. The Morgan fingerprint density at radius 2 is 2.10 bits per heavy atom. The number of benzene rings is 1. The molecule has 0 N–H and O–H groups in total. The van der Waals surface area contributed by atoms with Crippen molar-refractivity contribution in [2.24, 2.45) is 11.8 Å². The van der Waals surface area contributed by atoms with E-state index in [0.29, 0.717) is 5.78 Å². The van der Waals surface area contributed by atoms with Gasteiger partial charge in [-0.05, 0) is 42.9 Å². The second-order valence-corrected chi connectivity index (χ2v) is 6.04. The number of hydrogen-bond donors (Lipinski definition) is 0. The number of aromatic nitrogens is 2. The van der Waals surface area contributed by atoms with Gasteiger partial charge in [0.1, 0.15) is 5.78 Å². The maximum Gasteiger partial charge on any atom is 0.136 e. The van der Waals surface area contributed by atoms with Crippen LogP contribution in [0.3, 0.4) is 0 Å². The predicted molar refractivity (Wildman–Crippen MR) is 83.4 cm³/mol. The standard InChI is InChI=1S/C18H22N2O/c1-2-14-8-9-18(21)16(10-14)11-15-12-19-20(13-15)17-6-4-3-5-7-17/h3-7,12-14,16H,2,8-11H2,1H3. The lowest BCUT2D eigenvalue weighted by molar-refractivity contribution is -0.125. The van der Waals surface area contributed by atoms with E-state index in [2.05, 4.69) is 18.2 Å². The lowest BCUT2D eigenvalue weighted by Crippen LogP contribution is -2.26. The summed E-state index contributed by atoms with van der Waals surface area (Å²) in [5, 5.41) is 4.42. The summed E-state index contributed by atoms with van der Waals surface area (Å²) >= 11 is 0. The topological polar surface area (TPSA) is 34.9 Å². The van der Waals surface area contributed by atoms with Crippen molar-refractivity contribution in [2.45, 2.75) is 39.0 Å². The second-order valence-electron chi connectivity index (χ2n) is 6.04. The zero-order chi connectivity index (χ0) is 14.7. The first kappa shape index (κ1) is 14.1. The summed E-state index contributed by atoms with van der Waals surface area (Å²) in [4.78, 5) is 12.1. The SMILES string of the molecule is CCC1CCC(=O)C(Cc2cnn(-c3ccccc3)c2)C1. The third-order valence-corrected chi connectivity index (χ3v) is 4.59. The Kier molecular flexibility index (Phi) is 4.18. The molecule has 1 aliphatic carbocycles. The number of carbonyl (C=O) groups excluding carboxylic acids is 1. The van der Waals surface area contributed by atoms with Gasteiger partial charge in [-0.25, -0.2) is 4.68 Å². The van der Waals surface area contributed by atoms with Gasteiger partial charge in [0.05, 0.1) is 11.9 Å². The first-order valence-electron chi connectivity index (χ1n) is 7.88. The van der Waals surface area contributed by atoms with E-state index in [1.165, 1.54) is 6.42 Å². The normalized spacial score (nSPS) is 22.4. The molecule has 2 aromatic rings. The van der Waals surface area contributed by atoms with Gasteiger partial charge in [0, 0.05) is 18.5 Å². The van der Waals surface area contributed by atoms with Gasteiger partial charge in [0.15, 0.2) is 0 Å². The van der Waals surface area contributed by atoms with Crippen molar-refractivity contribution < 1.29 is 4.79 Å². The number of Topliss-reactive ketones (excluding diaryl/α,β-unsaturated/α-hetero) is 1. The van der Waals surface area contributed by atoms with Crippen LogP contribution in [-0.4, -0.2) is 15.6 Å². The van der Waals surface area contributed by atoms with Gasteiger partial charge in [-0.1, -0.05) is 31.5 Å². The molecule has 0 bridgehead atoms. The molecule has 1 fully saturated rings. The summed E-state index contributed by atoms with van der Waals surface area (Å²) in [6.45, 7) is 2.23. The highest BCUT2D eigenvalue weighted by Gasteiger charge is 2.28. The van der Waals surface area contributed by atoms with Crippen LogP contribution >= 0.6 is 0 Å². The van der Waals surface area contributed by atoms with E-state index in [9.17, 15) is 4.79 Å². The molecular weight excluding hydrogens is 260 g/mol. The Bertz CT molecular complexity index is 603. The van der Waals surface area contributed by atoms with E-state index in [1.807, 2.05) is 41.2 Å². The number of para-hydroxylation sites is 1. The predicted octanol–water partition coefficient (Wildman–Crippen LogP) is 3.81. The smallest absolute Gasteiger partial charge is 0.136 e. The molecule has 1 aliphatic rings.